The summed E-state index contributed by atoms with van der Waals surface area (Å²) < 4.78 is 5.62. The van der Waals surface area contributed by atoms with Crippen LogP contribution in [0.25, 0.3) is 0 Å². The quantitative estimate of drug-likeness (QED) is 0.801. The maximum atomic E-state index is 12.0. The van der Waals surface area contributed by atoms with Gasteiger partial charge in [-0.3, -0.25) is 9.59 Å². The highest BCUT2D eigenvalue weighted by molar-refractivity contribution is 9.10. The molecular weight excluding hydrogens is 310 g/mol. The number of piperidine rings is 1. The molecule has 0 aromatic heterocycles. The number of benzene rings is 1. The molecule has 0 aliphatic carbocycles. The molecule has 0 bridgehead atoms. The van der Waals surface area contributed by atoms with E-state index in [0.717, 1.165) is 10.9 Å². The van der Waals surface area contributed by atoms with E-state index in [1.807, 2.05) is 24.3 Å². The number of methoxy groups -OCH3 is 1. The van der Waals surface area contributed by atoms with Crippen LogP contribution in [0.4, 0.5) is 0 Å². The molecule has 19 heavy (non-hydrogen) atoms. The summed E-state index contributed by atoms with van der Waals surface area (Å²) in [5, 5.41) is 0. The Morgan fingerprint density at radius 1 is 1.42 bits per heavy atom. The largest absolute Gasteiger partial charge is 0.468 e. The summed E-state index contributed by atoms with van der Waals surface area (Å²) in [4.78, 5) is 24.8. The van der Waals surface area contributed by atoms with E-state index in [9.17, 15) is 9.59 Å². The molecule has 1 aliphatic heterocycles. The number of nitrogens with zero attached hydrogens (tertiary/aromatic N) is 1. The zero-order valence-corrected chi connectivity index (χ0v) is 12.4. The molecule has 1 fully saturated rings. The van der Waals surface area contributed by atoms with Crippen LogP contribution in [0.3, 0.4) is 0 Å². The van der Waals surface area contributed by atoms with Gasteiger partial charge < -0.3 is 9.64 Å². The number of hydrogen-bond donors (Lipinski definition) is 0. The van der Waals surface area contributed by atoms with Gasteiger partial charge in [0.2, 0.25) is 5.91 Å². The van der Waals surface area contributed by atoms with E-state index >= 15 is 0 Å². The second-order valence-corrected chi connectivity index (χ2v) is 5.55. The van der Waals surface area contributed by atoms with Gasteiger partial charge in [-0.15, -0.1) is 0 Å². The van der Waals surface area contributed by atoms with Crippen LogP contribution in [0.1, 0.15) is 24.3 Å². The van der Waals surface area contributed by atoms with Crippen LogP contribution >= 0.6 is 15.9 Å². The second-order valence-electron chi connectivity index (χ2n) is 4.63. The predicted octanol–water partition coefficient (Wildman–Crippen LogP) is 2.33. The Hall–Kier alpha value is -1.36. The summed E-state index contributed by atoms with van der Waals surface area (Å²) in [5.41, 5.74) is 1.18. The minimum absolute atomic E-state index is 0.0181. The van der Waals surface area contributed by atoms with Crippen molar-refractivity contribution < 1.29 is 14.3 Å². The molecular formula is C14H16BrNO3. The molecule has 1 aliphatic rings. The molecule has 0 radical (unpaired) electrons. The Morgan fingerprint density at radius 3 is 2.68 bits per heavy atom. The van der Waals surface area contributed by atoms with Gasteiger partial charge in [0.1, 0.15) is 6.54 Å². The van der Waals surface area contributed by atoms with Crippen LogP contribution in [0.15, 0.2) is 28.7 Å². The maximum absolute atomic E-state index is 12.0. The first kappa shape index (κ1) is 14.1. The fourth-order valence-corrected chi connectivity index (χ4v) is 2.55. The molecule has 2 rings (SSSR count). The molecule has 5 heteroatoms. The number of carbonyl (C=O) groups is 2. The van der Waals surface area contributed by atoms with Crippen molar-refractivity contribution in [1.82, 2.24) is 4.90 Å². The molecule has 0 spiro atoms. The van der Waals surface area contributed by atoms with Crippen LogP contribution in [0, 0.1) is 0 Å². The van der Waals surface area contributed by atoms with Gasteiger partial charge in [0, 0.05) is 17.4 Å². The van der Waals surface area contributed by atoms with Gasteiger partial charge in [-0.05, 0) is 30.0 Å². The summed E-state index contributed by atoms with van der Waals surface area (Å²) in [5.74, 6) is -0.102. The Morgan fingerprint density at radius 2 is 2.11 bits per heavy atom. The highest BCUT2D eigenvalue weighted by Gasteiger charge is 2.28. The number of amides is 1. The fraction of sp³-hybridized carbons (Fsp3) is 0.429. The lowest BCUT2D eigenvalue weighted by molar-refractivity contribution is -0.148. The van der Waals surface area contributed by atoms with E-state index in [-0.39, 0.29) is 24.3 Å². The highest BCUT2D eigenvalue weighted by atomic mass is 79.9. The predicted molar refractivity (Wildman–Crippen MR) is 74.7 cm³/mol. The van der Waals surface area contributed by atoms with Gasteiger partial charge in [-0.2, -0.15) is 0 Å². The van der Waals surface area contributed by atoms with Crippen molar-refractivity contribution in [2.24, 2.45) is 0 Å². The minimum Gasteiger partial charge on any atom is -0.468 e. The van der Waals surface area contributed by atoms with Crippen LogP contribution < -0.4 is 0 Å². The monoisotopic (exact) mass is 325 g/mol. The summed E-state index contributed by atoms with van der Waals surface area (Å²) >= 11 is 3.40. The normalized spacial score (nSPS) is 19.4. The Labute approximate surface area is 120 Å². The van der Waals surface area contributed by atoms with Crippen LogP contribution in [-0.2, 0) is 14.3 Å². The van der Waals surface area contributed by atoms with Crippen LogP contribution in [-0.4, -0.2) is 37.0 Å². The summed E-state index contributed by atoms with van der Waals surface area (Å²) in [6, 6.07) is 8.05. The Balaban J connectivity index is 1.98. The van der Waals surface area contributed by atoms with Crippen molar-refractivity contribution in [2.45, 2.75) is 18.8 Å². The summed E-state index contributed by atoms with van der Waals surface area (Å²) in [6.45, 7) is 0.664. The molecule has 0 unspecified atom stereocenters. The van der Waals surface area contributed by atoms with Crippen molar-refractivity contribution in [3.63, 3.8) is 0 Å². The van der Waals surface area contributed by atoms with Crippen molar-refractivity contribution in [3.05, 3.63) is 34.3 Å². The molecule has 4 nitrogen and oxygen atoms in total. The van der Waals surface area contributed by atoms with Crippen molar-refractivity contribution in [1.29, 1.82) is 0 Å². The van der Waals surface area contributed by atoms with Crippen LogP contribution in [0.5, 0.6) is 0 Å². The van der Waals surface area contributed by atoms with E-state index in [2.05, 4.69) is 20.7 Å². The Bertz CT molecular complexity index is 472. The molecule has 0 saturated carbocycles. The first-order valence-corrected chi connectivity index (χ1v) is 6.99. The number of halogens is 1. The SMILES string of the molecule is COC(=O)CN1CC[C@H](c2ccc(Br)cc2)CC1=O. The number of ether oxygens (including phenoxy) is 1. The lowest BCUT2D eigenvalue weighted by atomic mass is 9.89. The second kappa shape index (κ2) is 6.19. The number of carbonyl (C=O) groups excluding carboxylic acids is 2. The van der Waals surface area contributed by atoms with Gasteiger partial charge in [-0.1, -0.05) is 28.1 Å². The molecule has 1 aromatic carbocycles. The molecule has 1 saturated heterocycles. The molecule has 0 N–H and O–H groups in total. The lowest BCUT2D eigenvalue weighted by Crippen LogP contribution is -2.41. The lowest BCUT2D eigenvalue weighted by Gasteiger charge is -2.31. The van der Waals surface area contributed by atoms with Crippen molar-refractivity contribution in [2.75, 3.05) is 20.2 Å². The smallest absolute Gasteiger partial charge is 0.325 e. The number of esters is 1. The third-order valence-corrected chi connectivity index (χ3v) is 3.94. The van der Waals surface area contributed by atoms with Crippen molar-refractivity contribution in [3.8, 4) is 0 Å². The number of hydrogen-bond acceptors (Lipinski definition) is 3. The van der Waals surface area contributed by atoms with Gasteiger partial charge >= 0.3 is 5.97 Å². The molecule has 1 atom stereocenters. The Kier molecular flexibility index (Phi) is 4.58. The zero-order valence-electron chi connectivity index (χ0n) is 10.8. The average Bonchev–Trinajstić information content (AvgIpc) is 2.41. The molecule has 1 aromatic rings. The molecule has 102 valence electrons. The first-order chi connectivity index (χ1) is 9.10. The van der Waals surface area contributed by atoms with E-state index < -0.39 is 0 Å². The van der Waals surface area contributed by atoms with Crippen LogP contribution in [0.2, 0.25) is 0 Å². The average molecular weight is 326 g/mol. The summed E-state index contributed by atoms with van der Waals surface area (Å²) in [6.07, 6.45) is 1.34. The van der Waals surface area contributed by atoms with Gasteiger partial charge in [0.15, 0.2) is 0 Å². The van der Waals surface area contributed by atoms with E-state index in [1.165, 1.54) is 12.7 Å². The van der Waals surface area contributed by atoms with E-state index in [0.29, 0.717) is 13.0 Å². The third-order valence-electron chi connectivity index (χ3n) is 3.41. The van der Waals surface area contributed by atoms with E-state index in [4.69, 9.17) is 0 Å². The maximum Gasteiger partial charge on any atom is 0.325 e. The number of rotatable bonds is 3. The zero-order chi connectivity index (χ0) is 13.8. The highest BCUT2D eigenvalue weighted by Crippen LogP contribution is 2.29. The molecule has 1 amide bonds. The number of likely N-dealkylation sites (tertiary alicyclic amines) is 1. The summed E-state index contributed by atoms with van der Waals surface area (Å²) in [7, 11) is 1.33. The molecule has 1 heterocycles. The topological polar surface area (TPSA) is 46.6 Å². The third kappa shape index (κ3) is 3.56. The van der Waals surface area contributed by atoms with Gasteiger partial charge in [0.05, 0.1) is 7.11 Å². The standard InChI is InChI=1S/C14H16BrNO3/c1-19-14(18)9-16-7-6-11(8-13(16)17)10-2-4-12(15)5-3-10/h2-5,11H,6-9H2,1H3/t11-/m0/s1. The first-order valence-electron chi connectivity index (χ1n) is 6.20. The van der Waals surface area contributed by atoms with E-state index in [1.54, 1.807) is 4.90 Å². The van der Waals surface area contributed by atoms with Crippen molar-refractivity contribution >= 4 is 27.8 Å². The minimum atomic E-state index is -0.365. The van der Waals surface area contributed by atoms with Gasteiger partial charge in [-0.25, -0.2) is 0 Å². The van der Waals surface area contributed by atoms with Gasteiger partial charge in [0.25, 0.3) is 0 Å². The fourth-order valence-electron chi connectivity index (χ4n) is 2.29.